The van der Waals surface area contributed by atoms with E-state index >= 15 is 0 Å². The molecule has 0 unspecified atom stereocenters. The second-order valence-electron chi connectivity index (χ2n) is 4.10. The molecule has 0 radical (unpaired) electrons. The SMILES string of the molecule is CCn1c(=O)n(C(C)C)c2ncc(N)cc21. The van der Waals surface area contributed by atoms with Crippen molar-refractivity contribution in [3.8, 4) is 0 Å². The molecule has 0 spiro atoms. The van der Waals surface area contributed by atoms with Crippen LogP contribution in [0.5, 0.6) is 0 Å². The molecule has 0 aliphatic rings. The first kappa shape index (κ1) is 10.7. The maximum Gasteiger partial charge on any atom is 0.330 e. The lowest BCUT2D eigenvalue weighted by atomic mass is 10.3. The molecule has 2 N–H and O–H groups in total. The van der Waals surface area contributed by atoms with Crippen LogP contribution in [0.3, 0.4) is 0 Å². The molecule has 16 heavy (non-hydrogen) atoms. The number of fused-ring (bicyclic) bond motifs is 1. The number of anilines is 1. The Bertz CT molecular complexity index is 579. The fourth-order valence-corrected chi connectivity index (χ4v) is 1.94. The summed E-state index contributed by atoms with van der Waals surface area (Å²) >= 11 is 0. The predicted octanol–water partition coefficient (Wildman–Crippen LogP) is 1.38. The molecule has 0 aliphatic heterocycles. The van der Waals surface area contributed by atoms with E-state index in [2.05, 4.69) is 4.98 Å². The molecule has 5 nitrogen and oxygen atoms in total. The zero-order valence-corrected chi connectivity index (χ0v) is 9.77. The van der Waals surface area contributed by atoms with Crippen LogP contribution in [0.4, 0.5) is 5.69 Å². The van der Waals surface area contributed by atoms with Gasteiger partial charge >= 0.3 is 5.69 Å². The van der Waals surface area contributed by atoms with Crippen molar-refractivity contribution >= 4 is 16.9 Å². The van der Waals surface area contributed by atoms with Gasteiger partial charge in [-0.2, -0.15) is 0 Å². The smallest absolute Gasteiger partial charge is 0.330 e. The highest BCUT2D eigenvalue weighted by atomic mass is 16.1. The monoisotopic (exact) mass is 220 g/mol. The Labute approximate surface area is 93.5 Å². The van der Waals surface area contributed by atoms with Crippen LogP contribution in [0.15, 0.2) is 17.1 Å². The van der Waals surface area contributed by atoms with Gasteiger partial charge in [-0.25, -0.2) is 9.78 Å². The maximum atomic E-state index is 12.1. The first-order valence-corrected chi connectivity index (χ1v) is 5.42. The highest BCUT2D eigenvalue weighted by molar-refractivity contribution is 5.75. The standard InChI is InChI=1S/C11H16N4O/c1-4-14-9-5-8(12)6-13-10(9)15(7(2)3)11(14)16/h5-7H,4,12H2,1-3H3. The summed E-state index contributed by atoms with van der Waals surface area (Å²) in [7, 11) is 0. The first-order valence-electron chi connectivity index (χ1n) is 5.42. The molecule has 2 heterocycles. The minimum Gasteiger partial charge on any atom is -0.397 e. The van der Waals surface area contributed by atoms with Crippen molar-refractivity contribution in [1.82, 2.24) is 14.1 Å². The summed E-state index contributed by atoms with van der Waals surface area (Å²) in [6.07, 6.45) is 1.58. The summed E-state index contributed by atoms with van der Waals surface area (Å²) in [5, 5.41) is 0. The van der Waals surface area contributed by atoms with E-state index in [4.69, 9.17) is 5.73 Å². The van der Waals surface area contributed by atoms with Crippen LogP contribution in [0.25, 0.3) is 11.2 Å². The van der Waals surface area contributed by atoms with Gasteiger partial charge in [0, 0.05) is 12.6 Å². The molecule has 0 amide bonds. The van der Waals surface area contributed by atoms with E-state index in [1.807, 2.05) is 20.8 Å². The third-order valence-electron chi connectivity index (χ3n) is 2.66. The van der Waals surface area contributed by atoms with Crippen LogP contribution >= 0.6 is 0 Å². The zero-order valence-electron chi connectivity index (χ0n) is 9.77. The molecule has 0 bridgehead atoms. The Morgan fingerprint density at radius 3 is 2.75 bits per heavy atom. The molecule has 5 heteroatoms. The van der Waals surface area contributed by atoms with E-state index in [0.29, 0.717) is 17.9 Å². The Morgan fingerprint density at radius 1 is 1.50 bits per heavy atom. The van der Waals surface area contributed by atoms with Crippen molar-refractivity contribution < 1.29 is 0 Å². The molecular formula is C11H16N4O. The van der Waals surface area contributed by atoms with Crippen molar-refractivity contribution in [3.63, 3.8) is 0 Å². The number of rotatable bonds is 2. The third kappa shape index (κ3) is 1.39. The van der Waals surface area contributed by atoms with Crippen molar-refractivity contribution in [3.05, 3.63) is 22.7 Å². The van der Waals surface area contributed by atoms with Gasteiger partial charge in [-0.05, 0) is 26.8 Å². The molecule has 0 atom stereocenters. The summed E-state index contributed by atoms with van der Waals surface area (Å²) in [6, 6.07) is 1.89. The Hall–Kier alpha value is -1.78. The molecule has 2 aromatic rings. The number of nitrogen functional groups attached to an aromatic ring is 1. The number of nitrogens with zero attached hydrogens (tertiary/aromatic N) is 3. The van der Waals surface area contributed by atoms with Gasteiger partial charge in [0.25, 0.3) is 0 Å². The lowest BCUT2D eigenvalue weighted by Gasteiger charge is -2.05. The van der Waals surface area contributed by atoms with E-state index < -0.39 is 0 Å². The highest BCUT2D eigenvalue weighted by Gasteiger charge is 2.15. The van der Waals surface area contributed by atoms with Crippen molar-refractivity contribution in [2.24, 2.45) is 0 Å². The quantitative estimate of drug-likeness (QED) is 0.831. The first-order chi connectivity index (χ1) is 7.56. The lowest BCUT2D eigenvalue weighted by molar-refractivity contribution is 0.568. The Balaban J connectivity index is 2.92. The summed E-state index contributed by atoms with van der Waals surface area (Å²) in [5.74, 6) is 0. The zero-order chi connectivity index (χ0) is 11.9. The van der Waals surface area contributed by atoms with E-state index in [1.54, 1.807) is 21.4 Å². The second kappa shape index (κ2) is 3.66. The number of pyridine rings is 1. The van der Waals surface area contributed by atoms with Crippen LogP contribution < -0.4 is 11.4 Å². The van der Waals surface area contributed by atoms with E-state index in [0.717, 1.165) is 5.52 Å². The molecule has 0 aromatic carbocycles. The fraction of sp³-hybridized carbons (Fsp3) is 0.455. The van der Waals surface area contributed by atoms with Gasteiger partial charge in [0.1, 0.15) is 0 Å². The molecule has 0 saturated heterocycles. The van der Waals surface area contributed by atoms with E-state index in [1.165, 1.54) is 0 Å². The normalized spacial score (nSPS) is 11.5. The van der Waals surface area contributed by atoms with Gasteiger partial charge in [-0.1, -0.05) is 0 Å². The minimum absolute atomic E-state index is 0.0226. The van der Waals surface area contributed by atoms with Crippen LogP contribution in [0, 0.1) is 0 Å². The molecule has 2 aromatic heterocycles. The van der Waals surface area contributed by atoms with Gasteiger partial charge in [0.15, 0.2) is 5.65 Å². The van der Waals surface area contributed by atoms with Crippen LogP contribution in [-0.4, -0.2) is 14.1 Å². The minimum atomic E-state index is -0.0226. The van der Waals surface area contributed by atoms with Crippen molar-refractivity contribution in [2.45, 2.75) is 33.4 Å². The second-order valence-corrected chi connectivity index (χ2v) is 4.10. The largest absolute Gasteiger partial charge is 0.397 e. The molecule has 0 aliphatic carbocycles. The van der Waals surface area contributed by atoms with E-state index in [9.17, 15) is 4.79 Å². The lowest BCUT2D eigenvalue weighted by Crippen LogP contribution is -2.25. The number of imidazole rings is 1. The number of nitrogens with two attached hydrogens (primary N) is 1. The van der Waals surface area contributed by atoms with Crippen LogP contribution in [0.2, 0.25) is 0 Å². The van der Waals surface area contributed by atoms with Crippen LogP contribution in [-0.2, 0) is 6.54 Å². The number of hydrogen-bond donors (Lipinski definition) is 1. The molecule has 86 valence electrons. The Kier molecular flexibility index (Phi) is 2.46. The summed E-state index contributed by atoms with van der Waals surface area (Å²) in [6.45, 7) is 6.51. The van der Waals surface area contributed by atoms with E-state index in [-0.39, 0.29) is 11.7 Å². The topological polar surface area (TPSA) is 65.8 Å². The molecule has 2 rings (SSSR count). The fourth-order valence-electron chi connectivity index (χ4n) is 1.94. The summed E-state index contributed by atoms with van der Waals surface area (Å²) in [5.41, 5.74) is 7.76. The average molecular weight is 220 g/mol. The maximum absolute atomic E-state index is 12.1. The summed E-state index contributed by atoms with van der Waals surface area (Å²) < 4.78 is 3.39. The molecule has 0 saturated carbocycles. The van der Waals surface area contributed by atoms with Gasteiger partial charge in [-0.15, -0.1) is 0 Å². The van der Waals surface area contributed by atoms with Gasteiger partial charge in [-0.3, -0.25) is 9.13 Å². The molecule has 0 fully saturated rings. The number of aryl methyl sites for hydroxylation is 1. The molecular weight excluding hydrogens is 204 g/mol. The third-order valence-corrected chi connectivity index (χ3v) is 2.66. The van der Waals surface area contributed by atoms with Crippen molar-refractivity contribution in [2.75, 3.05) is 5.73 Å². The number of aromatic nitrogens is 3. The van der Waals surface area contributed by atoms with Gasteiger partial charge < -0.3 is 5.73 Å². The number of hydrogen-bond acceptors (Lipinski definition) is 3. The van der Waals surface area contributed by atoms with Crippen molar-refractivity contribution in [1.29, 1.82) is 0 Å². The summed E-state index contributed by atoms with van der Waals surface area (Å²) in [4.78, 5) is 16.4. The van der Waals surface area contributed by atoms with Gasteiger partial charge in [0.05, 0.1) is 17.4 Å². The van der Waals surface area contributed by atoms with Gasteiger partial charge in [0.2, 0.25) is 0 Å². The Morgan fingerprint density at radius 2 is 2.19 bits per heavy atom. The predicted molar refractivity (Wildman–Crippen MR) is 64.5 cm³/mol. The average Bonchev–Trinajstić information content (AvgIpc) is 2.49. The van der Waals surface area contributed by atoms with Crippen LogP contribution in [0.1, 0.15) is 26.8 Å². The highest BCUT2D eigenvalue weighted by Crippen LogP contribution is 2.16.